The third-order valence-electron chi connectivity index (χ3n) is 6.09. The summed E-state index contributed by atoms with van der Waals surface area (Å²) in [6, 6.07) is 13.6. The van der Waals surface area contributed by atoms with E-state index in [1.54, 1.807) is 14.2 Å². The van der Waals surface area contributed by atoms with E-state index in [1.165, 1.54) is 51.4 Å². The number of benzene rings is 2. The molecule has 31 heavy (non-hydrogen) atoms. The minimum absolute atomic E-state index is 0.303. The van der Waals surface area contributed by atoms with Crippen LogP contribution in [0.3, 0.4) is 0 Å². The second-order valence-corrected chi connectivity index (χ2v) is 8.20. The highest BCUT2D eigenvalue weighted by Crippen LogP contribution is 2.33. The van der Waals surface area contributed by atoms with Crippen LogP contribution in [-0.4, -0.2) is 26.7 Å². The van der Waals surface area contributed by atoms with Gasteiger partial charge in [0.1, 0.15) is 11.5 Å². The van der Waals surface area contributed by atoms with Gasteiger partial charge in [0, 0.05) is 11.6 Å². The molecule has 168 valence electrons. The number of hydrogen-bond acceptors (Lipinski definition) is 4. The number of carbonyl (C=O) groups is 1. The van der Waals surface area contributed by atoms with Crippen LogP contribution in [0.15, 0.2) is 42.5 Å². The van der Waals surface area contributed by atoms with Crippen LogP contribution in [0.4, 0.5) is 0 Å². The second kappa shape index (κ2) is 12.4. The van der Waals surface area contributed by atoms with Crippen molar-refractivity contribution in [3.63, 3.8) is 0 Å². The van der Waals surface area contributed by atoms with E-state index in [9.17, 15) is 4.79 Å². The molecular formula is C26H35NO4. The highest BCUT2D eigenvalue weighted by atomic mass is 16.5. The summed E-state index contributed by atoms with van der Waals surface area (Å²) in [5, 5.41) is 2.92. The molecule has 1 amide bonds. The third-order valence-corrected chi connectivity index (χ3v) is 6.09. The number of carbonyl (C=O) groups excluding carboxylic acids is 1. The molecule has 0 radical (unpaired) electrons. The molecule has 0 aromatic heterocycles. The van der Waals surface area contributed by atoms with E-state index in [4.69, 9.17) is 14.2 Å². The summed E-state index contributed by atoms with van der Waals surface area (Å²) in [6.45, 7) is 0.628. The second-order valence-electron chi connectivity index (χ2n) is 8.20. The summed E-state index contributed by atoms with van der Waals surface area (Å²) >= 11 is 0. The lowest BCUT2D eigenvalue weighted by molar-refractivity contribution is -0.110. The van der Waals surface area contributed by atoms with Crippen molar-refractivity contribution in [1.29, 1.82) is 0 Å². The summed E-state index contributed by atoms with van der Waals surface area (Å²) in [5.74, 6) is 1.38. The van der Waals surface area contributed by atoms with E-state index >= 15 is 0 Å². The Morgan fingerprint density at radius 1 is 0.935 bits per heavy atom. The fraction of sp³-hybridized carbons (Fsp3) is 0.500. The van der Waals surface area contributed by atoms with Crippen molar-refractivity contribution in [2.75, 3.05) is 14.2 Å². The normalized spacial score (nSPS) is 16.5. The molecule has 1 aliphatic carbocycles. The monoisotopic (exact) mass is 425 g/mol. The fourth-order valence-corrected chi connectivity index (χ4v) is 4.27. The van der Waals surface area contributed by atoms with Gasteiger partial charge >= 0.3 is 0 Å². The Hall–Kier alpha value is -2.53. The van der Waals surface area contributed by atoms with E-state index in [-0.39, 0.29) is 6.04 Å². The lowest BCUT2D eigenvalue weighted by Crippen LogP contribution is -2.21. The lowest BCUT2D eigenvalue weighted by atomic mass is 9.97. The van der Waals surface area contributed by atoms with Crippen LogP contribution < -0.4 is 14.8 Å². The van der Waals surface area contributed by atoms with Crippen molar-refractivity contribution in [3.05, 3.63) is 59.2 Å². The van der Waals surface area contributed by atoms with Crippen molar-refractivity contribution < 1.29 is 19.0 Å². The van der Waals surface area contributed by atoms with Crippen LogP contribution in [-0.2, 0) is 16.1 Å². The molecule has 2 aromatic carbocycles. The third kappa shape index (κ3) is 6.73. The molecule has 1 unspecified atom stereocenters. The van der Waals surface area contributed by atoms with Crippen LogP contribution in [0.25, 0.3) is 0 Å². The summed E-state index contributed by atoms with van der Waals surface area (Å²) < 4.78 is 17.1. The SMILES string of the molecule is COc1ccc(C(NC=O)c2ccc(COC3CCCCCCCC3)cc2)c(OC)c1. The van der Waals surface area contributed by atoms with E-state index in [1.807, 2.05) is 30.3 Å². The molecule has 1 saturated carbocycles. The van der Waals surface area contributed by atoms with Gasteiger partial charge in [-0.25, -0.2) is 0 Å². The molecule has 0 heterocycles. The van der Waals surface area contributed by atoms with Crippen LogP contribution >= 0.6 is 0 Å². The average molecular weight is 426 g/mol. The molecule has 2 aromatic rings. The van der Waals surface area contributed by atoms with Gasteiger partial charge in [-0.1, -0.05) is 62.8 Å². The number of methoxy groups -OCH3 is 2. The standard InChI is InChI=1S/C26H35NO4/c1-29-23-15-16-24(25(17-23)30-2)26(27-19-28)21-13-11-20(12-14-21)18-31-22-9-7-5-3-4-6-8-10-22/h11-17,19,22,26H,3-10,18H2,1-2H3,(H,27,28). The van der Waals surface area contributed by atoms with Gasteiger partial charge < -0.3 is 19.5 Å². The number of rotatable bonds is 9. The van der Waals surface area contributed by atoms with Crippen molar-refractivity contribution in [2.45, 2.75) is 70.1 Å². The summed E-state index contributed by atoms with van der Waals surface area (Å²) in [5.41, 5.74) is 3.02. The zero-order valence-electron chi connectivity index (χ0n) is 18.8. The molecular weight excluding hydrogens is 390 g/mol. The minimum Gasteiger partial charge on any atom is -0.497 e. The maximum atomic E-state index is 11.3. The van der Waals surface area contributed by atoms with Crippen molar-refractivity contribution in [1.82, 2.24) is 5.32 Å². The van der Waals surface area contributed by atoms with Crippen molar-refractivity contribution in [3.8, 4) is 11.5 Å². The maximum Gasteiger partial charge on any atom is 0.207 e. The minimum atomic E-state index is -0.303. The first kappa shape index (κ1) is 23.1. The van der Waals surface area contributed by atoms with Crippen LogP contribution in [0.5, 0.6) is 11.5 Å². The van der Waals surface area contributed by atoms with Gasteiger partial charge in [-0.3, -0.25) is 4.79 Å². The van der Waals surface area contributed by atoms with Crippen molar-refractivity contribution >= 4 is 6.41 Å². The largest absolute Gasteiger partial charge is 0.497 e. The van der Waals surface area contributed by atoms with Gasteiger partial charge in [0.05, 0.1) is 33.0 Å². The first-order valence-corrected chi connectivity index (χ1v) is 11.4. The number of ether oxygens (including phenoxy) is 3. The molecule has 5 heteroatoms. The topological polar surface area (TPSA) is 56.8 Å². The van der Waals surface area contributed by atoms with Gasteiger partial charge in [-0.2, -0.15) is 0 Å². The summed E-state index contributed by atoms with van der Waals surface area (Å²) in [7, 11) is 3.24. The Bertz CT molecular complexity index is 796. The highest BCUT2D eigenvalue weighted by molar-refractivity contribution is 5.54. The zero-order valence-corrected chi connectivity index (χ0v) is 18.8. The van der Waals surface area contributed by atoms with E-state index in [0.717, 1.165) is 23.1 Å². The lowest BCUT2D eigenvalue weighted by Gasteiger charge is -2.21. The molecule has 1 aliphatic rings. The van der Waals surface area contributed by atoms with E-state index in [2.05, 4.69) is 17.4 Å². The highest BCUT2D eigenvalue weighted by Gasteiger charge is 2.19. The summed E-state index contributed by atoms with van der Waals surface area (Å²) in [4.78, 5) is 11.3. The molecule has 3 rings (SSSR count). The Kier molecular flexibility index (Phi) is 9.22. The zero-order chi connectivity index (χ0) is 21.9. The van der Waals surface area contributed by atoms with E-state index < -0.39 is 0 Å². The predicted molar refractivity (Wildman–Crippen MR) is 123 cm³/mol. The quantitative estimate of drug-likeness (QED) is 0.535. The molecule has 0 bridgehead atoms. The Morgan fingerprint density at radius 3 is 2.23 bits per heavy atom. The van der Waals surface area contributed by atoms with Gasteiger partial charge in [-0.15, -0.1) is 0 Å². The molecule has 1 N–H and O–H groups in total. The molecule has 0 aliphatic heterocycles. The smallest absolute Gasteiger partial charge is 0.207 e. The van der Waals surface area contributed by atoms with Crippen LogP contribution in [0.2, 0.25) is 0 Å². The van der Waals surface area contributed by atoms with Gasteiger partial charge in [0.2, 0.25) is 6.41 Å². The molecule has 0 saturated heterocycles. The molecule has 5 nitrogen and oxygen atoms in total. The average Bonchev–Trinajstić information content (AvgIpc) is 2.95. The Balaban J connectivity index is 1.68. The first-order valence-electron chi connectivity index (χ1n) is 11.4. The number of hydrogen-bond donors (Lipinski definition) is 1. The maximum absolute atomic E-state index is 11.3. The fourth-order valence-electron chi connectivity index (χ4n) is 4.27. The molecule has 1 fully saturated rings. The number of amides is 1. The van der Waals surface area contributed by atoms with Crippen LogP contribution in [0, 0.1) is 0 Å². The van der Waals surface area contributed by atoms with Gasteiger partial charge in [0.15, 0.2) is 0 Å². The predicted octanol–water partition coefficient (Wildman–Crippen LogP) is 5.56. The van der Waals surface area contributed by atoms with E-state index in [0.29, 0.717) is 24.2 Å². The Morgan fingerprint density at radius 2 is 1.61 bits per heavy atom. The van der Waals surface area contributed by atoms with Crippen LogP contribution in [0.1, 0.15) is 74.1 Å². The Labute approximate surface area is 186 Å². The molecule has 1 atom stereocenters. The van der Waals surface area contributed by atoms with Gasteiger partial charge in [0.25, 0.3) is 0 Å². The number of nitrogens with one attached hydrogen (secondary N) is 1. The first-order chi connectivity index (χ1) is 15.2. The van der Waals surface area contributed by atoms with Gasteiger partial charge in [-0.05, 0) is 36.1 Å². The van der Waals surface area contributed by atoms with Crippen molar-refractivity contribution in [2.24, 2.45) is 0 Å². The summed E-state index contributed by atoms with van der Waals surface area (Å²) in [6.07, 6.45) is 11.4. The molecule has 0 spiro atoms.